The smallest absolute Gasteiger partial charge is 0.230 e. The molecule has 1 atom stereocenters. The molecule has 0 N–H and O–H groups in total. The van der Waals surface area contributed by atoms with E-state index in [1.165, 1.54) is 11.1 Å². The van der Waals surface area contributed by atoms with E-state index in [4.69, 9.17) is 0 Å². The van der Waals surface area contributed by atoms with Gasteiger partial charge in [-0.2, -0.15) is 0 Å². The van der Waals surface area contributed by atoms with Gasteiger partial charge in [0.05, 0.1) is 12.5 Å². The molecule has 0 bridgehead atoms. The lowest BCUT2D eigenvalue weighted by atomic mass is 9.68. The van der Waals surface area contributed by atoms with Gasteiger partial charge in [-0.3, -0.25) is 4.79 Å². The Morgan fingerprint density at radius 2 is 2.04 bits per heavy atom. The van der Waals surface area contributed by atoms with Crippen LogP contribution >= 0.6 is 0 Å². The maximum atomic E-state index is 13.3. The summed E-state index contributed by atoms with van der Waals surface area (Å²) in [7, 11) is 0. The van der Waals surface area contributed by atoms with Crippen molar-refractivity contribution in [3.63, 3.8) is 0 Å². The van der Waals surface area contributed by atoms with E-state index in [2.05, 4.69) is 59.8 Å². The number of aryl methyl sites for hydroxylation is 1. The third-order valence-electron chi connectivity index (χ3n) is 5.88. The predicted octanol–water partition coefficient (Wildman–Crippen LogP) is 3.04. The van der Waals surface area contributed by atoms with Crippen molar-refractivity contribution in [3.8, 4) is 0 Å². The zero-order valence-electron chi connectivity index (χ0n) is 15.3. The number of benzene rings is 1. The molecule has 0 radical (unpaired) electrons. The fourth-order valence-electron chi connectivity index (χ4n) is 4.36. The number of aromatic nitrogens is 3. The molecular weight excluding hydrogens is 312 g/mol. The molecule has 132 valence electrons. The Labute approximate surface area is 149 Å². The number of rotatable bonds is 2. The van der Waals surface area contributed by atoms with Crippen molar-refractivity contribution < 1.29 is 4.79 Å². The van der Waals surface area contributed by atoms with Gasteiger partial charge in [-0.1, -0.05) is 45.0 Å². The third kappa shape index (κ3) is 2.66. The highest BCUT2D eigenvalue weighted by atomic mass is 16.2. The molecule has 2 heterocycles. The van der Waals surface area contributed by atoms with Crippen LogP contribution in [-0.4, -0.2) is 32.1 Å². The third-order valence-corrected chi connectivity index (χ3v) is 5.88. The topological polar surface area (TPSA) is 51.0 Å². The minimum absolute atomic E-state index is 0.0238. The number of hydrogen-bond donors (Lipinski definition) is 0. The summed E-state index contributed by atoms with van der Waals surface area (Å²) in [5.74, 6) is 2.16. The Hall–Kier alpha value is -2.17. The summed E-state index contributed by atoms with van der Waals surface area (Å²) in [6.45, 7) is 8.78. The van der Waals surface area contributed by atoms with Gasteiger partial charge in [-0.05, 0) is 29.4 Å². The van der Waals surface area contributed by atoms with E-state index >= 15 is 0 Å². The summed E-state index contributed by atoms with van der Waals surface area (Å²) < 4.78 is 2.17. The number of nitrogens with zero attached hydrogens (tertiary/aromatic N) is 4. The number of carbonyl (C=O) groups excluding carboxylic acids is 1. The Kier molecular flexibility index (Phi) is 3.89. The first kappa shape index (κ1) is 16.3. The molecule has 5 nitrogen and oxygen atoms in total. The van der Waals surface area contributed by atoms with Crippen molar-refractivity contribution in [2.45, 2.75) is 64.5 Å². The van der Waals surface area contributed by atoms with Crippen LogP contribution in [0.5, 0.6) is 0 Å². The molecule has 0 saturated carbocycles. The Bertz CT molecular complexity index is 808. The highest BCUT2D eigenvalue weighted by molar-refractivity contribution is 5.84. The van der Waals surface area contributed by atoms with Crippen LogP contribution in [0.1, 0.15) is 62.3 Å². The number of amides is 1. The number of hydrogen-bond acceptors (Lipinski definition) is 3. The second kappa shape index (κ2) is 5.97. The average molecular weight is 338 g/mol. The van der Waals surface area contributed by atoms with Crippen LogP contribution in [0.4, 0.5) is 0 Å². The molecule has 0 spiro atoms. The summed E-state index contributed by atoms with van der Waals surface area (Å²) in [6, 6.07) is 8.47. The minimum Gasteiger partial charge on any atom is -0.333 e. The fraction of sp³-hybridized carbons (Fsp3) is 0.550. The molecule has 0 fully saturated rings. The van der Waals surface area contributed by atoms with Crippen molar-refractivity contribution in [2.75, 3.05) is 6.54 Å². The Morgan fingerprint density at radius 1 is 1.24 bits per heavy atom. The van der Waals surface area contributed by atoms with Crippen molar-refractivity contribution >= 4 is 5.91 Å². The molecule has 2 aliphatic rings. The molecule has 1 aliphatic heterocycles. The van der Waals surface area contributed by atoms with Gasteiger partial charge in [0.15, 0.2) is 5.82 Å². The van der Waals surface area contributed by atoms with E-state index in [9.17, 15) is 4.79 Å². The lowest BCUT2D eigenvalue weighted by Gasteiger charge is -2.39. The van der Waals surface area contributed by atoms with Crippen molar-refractivity contribution in [1.29, 1.82) is 0 Å². The highest BCUT2D eigenvalue weighted by Gasteiger charge is 2.38. The fourth-order valence-corrected chi connectivity index (χ4v) is 4.36. The maximum absolute atomic E-state index is 13.3. The maximum Gasteiger partial charge on any atom is 0.230 e. The average Bonchev–Trinajstić information content (AvgIpc) is 3.04. The van der Waals surface area contributed by atoms with Crippen LogP contribution in [-0.2, 0) is 29.7 Å². The molecule has 25 heavy (non-hydrogen) atoms. The first-order chi connectivity index (χ1) is 12.0. The van der Waals surface area contributed by atoms with Gasteiger partial charge in [0, 0.05) is 19.5 Å². The summed E-state index contributed by atoms with van der Waals surface area (Å²) in [4.78, 5) is 15.3. The molecule has 4 rings (SSSR count). The highest BCUT2D eigenvalue weighted by Crippen LogP contribution is 2.43. The van der Waals surface area contributed by atoms with Gasteiger partial charge in [0.25, 0.3) is 0 Å². The first-order valence-electron chi connectivity index (χ1n) is 9.30. The predicted molar refractivity (Wildman–Crippen MR) is 96.3 cm³/mol. The Morgan fingerprint density at radius 3 is 2.84 bits per heavy atom. The van der Waals surface area contributed by atoms with E-state index in [0.29, 0.717) is 6.54 Å². The van der Waals surface area contributed by atoms with E-state index in [1.807, 2.05) is 4.90 Å². The van der Waals surface area contributed by atoms with E-state index in [0.717, 1.165) is 44.0 Å². The summed E-state index contributed by atoms with van der Waals surface area (Å²) in [5, 5.41) is 8.54. The molecular formula is C20H26N4O. The van der Waals surface area contributed by atoms with Crippen molar-refractivity contribution in [2.24, 2.45) is 0 Å². The number of fused-ring (bicyclic) bond motifs is 2. The summed E-state index contributed by atoms with van der Waals surface area (Å²) in [5.41, 5.74) is 2.68. The van der Waals surface area contributed by atoms with Crippen LogP contribution in [0, 0.1) is 0 Å². The molecule has 5 heteroatoms. The monoisotopic (exact) mass is 338 g/mol. The van der Waals surface area contributed by atoms with Crippen molar-refractivity contribution in [3.05, 3.63) is 47.0 Å². The van der Waals surface area contributed by atoms with E-state index < -0.39 is 0 Å². The van der Waals surface area contributed by atoms with Gasteiger partial charge in [-0.25, -0.2) is 0 Å². The van der Waals surface area contributed by atoms with Gasteiger partial charge in [0.2, 0.25) is 5.91 Å². The van der Waals surface area contributed by atoms with Crippen LogP contribution < -0.4 is 0 Å². The normalized spacial score (nSPS) is 21.6. The zero-order valence-corrected chi connectivity index (χ0v) is 15.3. The van der Waals surface area contributed by atoms with Crippen LogP contribution in [0.15, 0.2) is 24.3 Å². The zero-order chi connectivity index (χ0) is 17.6. The lowest BCUT2D eigenvalue weighted by Crippen LogP contribution is -2.43. The quantitative estimate of drug-likeness (QED) is 0.846. The van der Waals surface area contributed by atoms with Crippen LogP contribution in [0.2, 0.25) is 0 Å². The van der Waals surface area contributed by atoms with Crippen molar-refractivity contribution in [1.82, 2.24) is 19.7 Å². The molecule has 1 amide bonds. The van der Waals surface area contributed by atoms with Gasteiger partial charge in [0.1, 0.15) is 5.82 Å². The second-order valence-corrected chi connectivity index (χ2v) is 7.86. The van der Waals surface area contributed by atoms with Crippen LogP contribution in [0.25, 0.3) is 0 Å². The molecule has 0 saturated heterocycles. The van der Waals surface area contributed by atoms with Gasteiger partial charge < -0.3 is 9.47 Å². The molecule has 2 aromatic rings. The lowest BCUT2D eigenvalue weighted by molar-refractivity contribution is -0.134. The Balaban J connectivity index is 1.60. The molecule has 1 aromatic carbocycles. The van der Waals surface area contributed by atoms with E-state index in [1.54, 1.807) is 0 Å². The molecule has 0 unspecified atom stereocenters. The molecule has 1 aromatic heterocycles. The largest absolute Gasteiger partial charge is 0.333 e. The first-order valence-corrected chi connectivity index (χ1v) is 9.30. The van der Waals surface area contributed by atoms with Crippen LogP contribution in [0.3, 0.4) is 0 Å². The SMILES string of the molecule is CCc1nnc2n1CCN(C(=O)[C@@H]1CCC(C)(C)c3ccccc31)C2. The summed E-state index contributed by atoms with van der Waals surface area (Å²) >= 11 is 0. The number of carbonyl (C=O) groups is 1. The minimum atomic E-state index is -0.0238. The van der Waals surface area contributed by atoms with Gasteiger partial charge >= 0.3 is 0 Å². The second-order valence-electron chi connectivity index (χ2n) is 7.86. The standard InChI is InChI=1S/C20H26N4O/c1-4-17-21-22-18-13-23(11-12-24(17)18)19(25)15-9-10-20(2,3)16-8-6-5-7-14(15)16/h5-8,15H,4,9-13H2,1-3H3/t15-/m1/s1. The van der Waals surface area contributed by atoms with E-state index in [-0.39, 0.29) is 17.2 Å². The summed E-state index contributed by atoms with van der Waals surface area (Å²) in [6.07, 6.45) is 2.85. The molecule has 1 aliphatic carbocycles. The van der Waals surface area contributed by atoms with Gasteiger partial charge in [-0.15, -0.1) is 10.2 Å².